The fraction of sp³-hybridized carbons (Fsp3) is 0.720. The number of carbonyl (C=O) groups excluding carboxylic acids is 4. The summed E-state index contributed by atoms with van der Waals surface area (Å²) in [7, 11) is -3.95. The molecule has 0 saturated carbocycles. The van der Waals surface area contributed by atoms with Crippen molar-refractivity contribution >= 4 is 51.4 Å². The summed E-state index contributed by atoms with van der Waals surface area (Å²) in [5.74, 6) is -7.56. The molecule has 0 spiro atoms. The van der Waals surface area contributed by atoms with E-state index in [0.717, 1.165) is 0 Å². The SMILES string of the molecule is CCC(NC(=O)CCC(CC(=O)COCCOCCNC(=O)CCCS(=O)(=O)NC(=O)CCCC(=O)O)C(=O)O)C(=O)O. The lowest BCUT2D eigenvalue weighted by Crippen LogP contribution is -2.40. The smallest absolute Gasteiger partial charge is 0.326 e. The molecule has 0 fully saturated rings. The molecule has 6 N–H and O–H groups in total. The van der Waals surface area contributed by atoms with Crippen molar-refractivity contribution < 1.29 is 66.8 Å². The fourth-order valence-electron chi connectivity index (χ4n) is 3.41. The highest BCUT2D eigenvalue weighted by Crippen LogP contribution is 2.13. The average Bonchev–Trinajstić information content (AvgIpc) is 2.89. The van der Waals surface area contributed by atoms with Gasteiger partial charge in [0.2, 0.25) is 27.7 Å². The molecule has 17 nitrogen and oxygen atoms in total. The van der Waals surface area contributed by atoms with Crippen molar-refractivity contribution in [3.05, 3.63) is 0 Å². The van der Waals surface area contributed by atoms with Crippen LogP contribution in [-0.4, -0.2) is 110 Å². The van der Waals surface area contributed by atoms with Crippen LogP contribution < -0.4 is 15.4 Å². The van der Waals surface area contributed by atoms with Gasteiger partial charge in [0, 0.05) is 38.6 Å². The maximum Gasteiger partial charge on any atom is 0.326 e. The topological polar surface area (TPSA) is 269 Å². The number of aliphatic carboxylic acids is 3. The third-order valence-electron chi connectivity index (χ3n) is 5.67. The van der Waals surface area contributed by atoms with E-state index in [2.05, 4.69) is 10.6 Å². The maximum atomic E-state index is 12.1. The van der Waals surface area contributed by atoms with Gasteiger partial charge in [-0.2, -0.15) is 0 Å². The van der Waals surface area contributed by atoms with Gasteiger partial charge in [0.15, 0.2) is 5.78 Å². The molecule has 246 valence electrons. The molecule has 0 aliphatic rings. The number of carboxylic acid groups (broad SMARTS) is 3. The highest BCUT2D eigenvalue weighted by Gasteiger charge is 2.24. The summed E-state index contributed by atoms with van der Waals surface area (Å²) >= 11 is 0. The first-order valence-electron chi connectivity index (χ1n) is 13.6. The summed E-state index contributed by atoms with van der Waals surface area (Å²) in [5.41, 5.74) is 0. The minimum atomic E-state index is -3.95. The van der Waals surface area contributed by atoms with Crippen LogP contribution in [0.3, 0.4) is 0 Å². The van der Waals surface area contributed by atoms with E-state index in [1.165, 1.54) is 0 Å². The Morgan fingerprint density at radius 1 is 0.767 bits per heavy atom. The second kappa shape index (κ2) is 22.0. The van der Waals surface area contributed by atoms with Crippen LogP contribution >= 0.6 is 0 Å². The van der Waals surface area contributed by atoms with E-state index in [1.54, 1.807) is 6.92 Å². The molecule has 2 unspecified atom stereocenters. The summed E-state index contributed by atoms with van der Waals surface area (Å²) in [6.07, 6.45) is -1.30. The van der Waals surface area contributed by atoms with Crippen LogP contribution in [0, 0.1) is 5.92 Å². The Labute approximate surface area is 249 Å². The summed E-state index contributed by atoms with van der Waals surface area (Å²) in [6, 6.07) is -1.08. The van der Waals surface area contributed by atoms with E-state index in [1.807, 2.05) is 4.72 Å². The monoisotopic (exact) mass is 639 g/mol. The number of nitrogens with one attached hydrogen (secondary N) is 3. The lowest BCUT2D eigenvalue weighted by molar-refractivity contribution is -0.145. The first-order valence-corrected chi connectivity index (χ1v) is 15.3. The van der Waals surface area contributed by atoms with Crippen LogP contribution in [0.1, 0.15) is 64.7 Å². The second-order valence-corrected chi connectivity index (χ2v) is 11.2. The Hall–Kier alpha value is -3.64. The number of ketones is 1. The van der Waals surface area contributed by atoms with Crippen LogP contribution in [0.5, 0.6) is 0 Å². The number of hydrogen-bond donors (Lipinski definition) is 6. The molecule has 0 heterocycles. The Kier molecular flexibility index (Phi) is 20.1. The third-order valence-corrected chi connectivity index (χ3v) is 7.03. The van der Waals surface area contributed by atoms with Crippen molar-refractivity contribution in [2.75, 3.05) is 38.7 Å². The predicted molar refractivity (Wildman–Crippen MR) is 147 cm³/mol. The molecule has 0 bridgehead atoms. The lowest BCUT2D eigenvalue weighted by Gasteiger charge is -2.14. The van der Waals surface area contributed by atoms with Crippen LogP contribution in [0.15, 0.2) is 0 Å². The number of amides is 3. The van der Waals surface area contributed by atoms with Gasteiger partial charge in [0.25, 0.3) is 0 Å². The number of Topliss-reactive ketones (excluding diaryl/α,β-unsaturated/α-hetero) is 1. The normalized spacial score (nSPS) is 12.5. The quantitative estimate of drug-likeness (QED) is 0.0622. The first-order chi connectivity index (χ1) is 20.2. The zero-order valence-electron chi connectivity index (χ0n) is 24.0. The largest absolute Gasteiger partial charge is 0.481 e. The van der Waals surface area contributed by atoms with Crippen molar-refractivity contribution in [1.82, 2.24) is 15.4 Å². The molecule has 0 aliphatic heterocycles. The number of ether oxygens (including phenoxy) is 2. The van der Waals surface area contributed by atoms with E-state index < -0.39 is 69.1 Å². The van der Waals surface area contributed by atoms with E-state index in [4.69, 9.17) is 19.7 Å². The van der Waals surface area contributed by atoms with Crippen molar-refractivity contribution in [3.63, 3.8) is 0 Å². The van der Waals surface area contributed by atoms with Gasteiger partial charge >= 0.3 is 17.9 Å². The summed E-state index contributed by atoms with van der Waals surface area (Å²) < 4.78 is 35.9. The average molecular weight is 640 g/mol. The van der Waals surface area contributed by atoms with Gasteiger partial charge in [0.1, 0.15) is 12.6 Å². The van der Waals surface area contributed by atoms with E-state index in [0.29, 0.717) is 0 Å². The van der Waals surface area contributed by atoms with Crippen molar-refractivity contribution in [1.29, 1.82) is 0 Å². The van der Waals surface area contributed by atoms with E-state index >= 15 is 0 Å². The number of rotatable bonds is 26. The molecule has 43 heavy (non-hydrogen) atoms. The van der Waals surface area contributed by atoms with Crippen molar-refractivity contribution in [3.8, 4) is 0 Å². The van der Waals surface area contributed by atoms with Crippen LogP contribution in [-0.2, 0) is 53.1 Å². The van der Waals surface area contributed by atoms with Crippen LogP contribution in [0.2, 0.25) is 0 Å². The van der Waals surface area contributed by atoms with Gasteiger partial charge < -0.3 is 35.4 Å². The van der Waals surface area contributed by atoms with Crippen LogP contribution in [0.4, 0.5) is 0 Å². The van der Waals surface area contributed by atoms with Gasteiger partial charge in [0.05, 0.1) is 31.5 Å². The first kappa shape index (κ1) is 39.4. The number of carbonyl (C=O) groups is 7. The molecule has 0 aromatic carbocycles. The van der Waals surface area contributed by atoms with Crippen molar-refractivity contribution in [2.45, 2.75) is 70.8 Å². The Bertz CT molecular complexity index is 1060. The van der Waals surface area contributed by atoms with Crippen molar-refractivity contribution in [2.24, 2.45) is 5.92 Å². The van der Waals surface area contributed by atoms with E-state index in [9.17, 15) is 47.1 Å². The maximum absolute atomic E-state index is 12.1. The Balaban J connectivity index is 4.01. The molecule has 3 amide bonds. The molecule has 0 aliphatic carbocycles. The zero-order valence-corrected chi connectivity index (χ0v) is 24.8. The van der Waals surface area contributed by atoms with Crippen LogP contribution in [0.25, 0.3) is 0 Å². The standard InChI is InChI=1S/C25H41N3O14S/c1-2-19(25(37)38)27-21(31)9-8-17(24(35)36)15-18(29)16-42-13-12-41-11-10-26-20(30)6-4-14-43(39,40)28-22(32)5-3-7-23(33)34/h17,19H,2-16H2,1H3,(H,26,30)(H,27,31)(H,28,32)(H,33,34)(H,35,36)(H,37,38). The van der Waals surface area contributed by atoms with E-state index in [-0.39, 0.29) is 90.8 Å². The summed E-state index contributed by atoms with van der Waals surface area (Å²) in [5, 5.41) is 31.6. The second-order valence-electron chi connectivity index (χ2n) is 9.39. The molecule has 0 aromatic heterocycles. The lowest BCUT2D eigenvalue weighted by atomic mass is 9.97. The number of sulfonamides is 1. The molecular formula is C25H41N3O14S. The van der Waals surface area contributed by atoms with Gasteiger partial charge in [-0.05, 0) is 25.7 Å². The van der Waals surface area contributed by atoms with Gasteiger partial charge in [-0.1, -0.05) is 6.92 Å². The summed E-state index contributed by atoms with van der Waals surface area (Å²) in [6.45, 7) is 1.48. The van der Waals surface area contributed by atoms with Gasteiger partial charge in [-0.15, -0.1) is 0 Å². The molecule has 0 saturated heterocycles. The highest BCUT2D eigenvalue weighted by molar-refractivity contribution is 7.90. The molecule has 0 aromatic rings. The third kappa shape index (κ3) is 21.7. The minimum absolute atomic E-state index is 0.000431. The Morgan fingerprint density at radius 2 is 1.42 bits per heavy atom. The minimum Gasteiger partial charge on any atom is -0.481 e. The van der Waals surface area contributed by atoms with Gasteiger partial charge in [-0.3, -0.25) is 33.5 Å². The fourth-order valence-corrected chi connectivity index (χ4v) is 4.49. The zero-order chi connectivity index (χ0) is 32.8. The molecule has 0 rings (SSSR count). The highest BCUT2D eigenvalue weighted by atomic mass is 32.2. The molecule has 0 radical (unpaired) electrons. The van der Waals surface area contributed by atoms with Gasteiger partial charge in [-0.25, -0.2) is 13.2 Å². The number of carboxylic acids is 3. The molecule has 18 heteroatoms. The predicted octanol–water partition coefficient (Wildman–Crippen LogP) is -0.963. The number of hydrogen-bond acceptors (Lipinski definition) is 11. The molecular weight excluding hydrogens is 598 g/mol. The Morgan fingerprint density at radius 3 is 2.02 bits per heavy atom. The summed E-state index contributed by atoms with van der Waals surface area (Å²) in [4.78, 5) is 80.1. The molecule has 2 atom stereocenters.